The van der Waals surface area contributed by atoms with Gasteiger partial charge in [0.1, 0.15) is 0 Å². The van der Waals surface area contributed by atoms with Gasteiger partial charge in [-0.3, -0.25) is 0 Å². The van der Waals surface area contributed by atoms with Gasteiger partial charge in [0.05, 0.1) is 29.2 Å². The van der Waals surface area contributed by atoms with Crippen LogP contribution in [-0.4, -0.2) is 35.6 Å². The lowest BCUT2D eigenvalue weighted by Gasteiger charge is -2.16. The van der Waals surface area contributed by atoms with Crippen molar-refractivity contribution in [3.8, 4) is 5.69 Å². The van der Waals surface area contributed by atoms with Gasteiger partial charge in [-0.1, -0.05) is 0 Å². The molecule has 0 bridgehead atoms. The van der Waals surface area contributed by atoms with Gasteiger partial charge >= 0.3 is 12.2 Å². The second-order valence-electron chi connectivity index (χ2n) is 6.63. The zero-order chi connectivity index (χ0) is 19.6. The quantitative estimate of drug-likeness (QED) is 0.848. The van der Waals surface area contributed by atoms with Crippen molar-refractivity contribution in [1.29, 1.82) is 0 Å². The van der Waals surface area contributed by atoms with Crippen molar-refractivity contribution >= 4 is 11.7 Å². The molecular formula is C18H21F3N4O2. The molecule has 2 N–H and O–H groups in total. The van der Waals surface area contributed by atoms with Crippen LogP contribution in [0.5, 0.6) is 0 Å². The molecule has 2 heterocycles. The molecule has 0 aliphatic carbocycles. The molecule has 2 amide bonds. The fourth-order valence-corrected chi connectivity index (χ4v) is 3.02. The van der Waals surface area contributed by atoms with Crippen LogP contribution in [0.15, 0.2) is 24.3 Å². The molecule has 1 fully saturated rings. The van der Waals surface area contributed by atoms with Crippen molar-refractivity contribution < 1.29 is 22.7 Å². The summed E-state index contributed by atoms with van der Waals surface area (Å²) in [6.07, 6.45) is -3.66. The van der Waals surface area contributed by atoms with E-state index in [0.717, 1.165) is 29.9 Å². The predicted molar refractivity (Wildman–Crippen MR) is 94.0 cm³/mol. The molecule has 1 aliphatic heterocycles. The Hall–Kier alpha value is -2.55. The molecule has 6 nitrogen and oxygen atoms in total. The van der Waals surface area contributed by atoms with E-state index in [9.17, 15) is 18.0 Å². The Labute approximate surface area is 154 Å². The van der Waals surface area contributed by atoms with Crippen LogP contribution in [0.4, 0.5) is 23.7 Å². The normalized spacial score (nSPS) is 17.1. The van der Waals surface area contributed by atoms with Crippen molar-refractivity contribution in [3.63, 3.8) is 0 Å². The number of aromatic nitrogens is 2. The number of benzene rings is 1. The van der Waals surface area contributed by atoms with E-state index in [0.29, 0.717) is 25.4 Å². The number of urea groups is 1. The maximum atomic E-state index is 13.1. The summed E-state index contributed by atoms with van der Waals surface area (Å²) in [5, 5.41) is 9.52. The second-order valence-corrected chi connectivity index (χ2v) is 6.63. The topological polar surface area (TPSA) is 68.2 Å². The SMILES string of the molecule is Cc1cc(C)n(-c2ccc(C(F)(F)F)cc2NC(=O)NC[C@@H]2CCOC2)n1. The molecule has 2 aromatic rings. The minimum absolute atomic E-state index is 0.0381. The first kappa shape index (κ1) is 19.2. The predicted octanol–water partition coefficient (Wildman–Crippen LogP) is 3.67. The molecule has 1 aromatic carbocycles. The first-order valence-corrected chi connectivity index (χ1v) is 8.61. The Bertz CT molecular complexity index is 826. The van der Waals surface area contributed by atoms with E-state index in [1.54, 1.807) is 13.8 Å². The lowest BCUT2D eigenvalue weighted by molar-refractivity contribution is -0.137. The highest BCUT2D eigenvalue weighted by molar-refractivity contribution is 5.91. The molecule has 0 unspecified atom stereocenters. The summed E-state index contributed by atoms with van der Waals surface area (Å²) in [4.78, 5) is 12.2. The first-order valence-electron chi connectivity index (χ1n) is 8.61. The molecule has 0 saturated carbocycles. The number of ether oxygens (including phenoxy) is 1. The average Bonchev–Trinajstić information content (AvgIpc) is 3.21. The standard InChI is InChI=1S/C18H21F3N4O2/c1-11-7-12(2)25(24-11)16-4-3-14(18(19,20)21)8-15(16)23-17(26)22-9-13-5-6-27-10-13/h3-4,7-8,13H,5-6,9-10H2,1-2H3,(H2,22,23,26)/t13-/m0/s1. The van der Waals surface area contributed by atoms with E-state index in [-0.39, 0.29) is 11.6 Å². The molecule has 9 heteroatoms. The second kappa shape index (κ2) is 7.59. The lowest BCUT2D eigenvalue weighted by Crippen LogP contribution is -2.33. The molecule has 1 aromatic heterocycles. The first-order chi connectivity index (χ1) is 12.7. The highest BCUT2D eigenvalue weighted by Crippen LogP contribution is 2.33. The number of hydrogen-bond acceptors (Lipinski definition) is 3. The van der Waals surface area contributed by atoms with Crippen molar-refractivity contribution in [1.82, 2.24) is 15.1 Å². The monoisotopic (exact) mass is 382 g/mol. The van der Waals surface area contributed by atoms with E-state index >= 15 is 0 Å². The van der Waals surface area contributed by atoms with Gasteiger partial charge in [-0.05, 0) is 44.5 Å². The highest BCUT2D eigenvalue weighted by Gasteiger charge is 2.31. The van der Waals surface area contributed by atoms with Crippen LogP contribution in [0.1, 0.15) is 23.4 Å². The van der Waals surface area contributed by atoms with Gasteiger partial charge in [0.2, 0.25) is 0 Å². The zero-order valence-corrected chi connectivity index (χ0v) is 15.1. The summed E-state index contributed by atoms with van der Waals surface area (Å²) in [7, 11) is 0. The molecule has 0 spiro atoms. The van der Waals surface area contributed by atoms with Crippen molar-refractivity contribution in [2.45, 2.75) is 26.4 Å². The number of nitrogens with one attached hydrogen (secondary N) is 2. The summed E-state index contributed by atoms with van der Waals surface area (Å²) in [5.74, 6) is 0.215. The Balaban J connectivity index is 1.85. The molecule has 146 valence electrons. The maximum absolute atomic E-state index is 13.1. The number of halogens is 3. The van der Waals surface area contributed by atoms with E-state index < -0.39 is 17.8 Å². The number of carbonyl (C=O) groups is 1. The lowest BCUT2D eigenvalue weighted by atomic mass is 10.1. The number of rotatable bonds is 4. The third-order valence-electron chi connectivity index (χ3n) is 4.39. The minimum Gasteiger partial charge on any atom is -0.381 e. The van der Waals surface area contributed by atoms with Gasteiger partial charge < -0.3 is 15.4 Å². The number of alkyl halides is 3. The van der Waals surface area contributed by atoms with Crippen molar-refractivity contribution in [2.75, 3.05) is 25.1 Å². The molecular weight excluding hydrogens is 361 g/mol. The number of aryl methyl sites for hydroxylation is 2. The molecule has 1 saturated heterocycles. The summed E-state index contributed by atoms with van der Waals surface area (Å²) in [5.41, 5.74) is 1.04. The zero-order valence-electron chi connectivity index (χ0n) is 15.1. The smallest absolute Gasteiger partial charge is 0.381 e. The van der Waals surface area contributed by atoms with Crippen molar-refractivity contribution in [2.24, 2.45) is 5.92 Å². The number of amides is 2. The molecule has 1 aliphatic rings. The van der Waals surface area contributed by atoms with Gasteiger partial charge in [0, 0.05) is 24.8 Å². The van der Waals surface area contributed by atoms with Crippen LogP contribution < -0.4 is 10.6 Å². The van der Waals surface area contributed by atoms with E-state index in [1.807, 2.05) is 6.07 Å². The van der Waals surface area contributed by atoms with Gasteiger partial charge in [0.15, 0.2) is 0 Å². The fraction of sp³-hybridized carbons (Fsp3) is 0.444. The Morgan fingerprint density at radius 3 is 2.70 bits per heavy atom. The van der Waals surface area contributed by atoms with Crippen LogP contribution in [0.2, 0.25) is 0 Å². The van der Waals surface area contributed by atoms with Gasteiger partial charge in [-0.2, -0.15) is 18.3 Å². The van der Waals surface area contributed by atoms with Crippen LogP contribution in [0.25, 0.3) is 5.69 Å². The largest absolute Gasteiger partial charge is 0.416 e. The third kappa shape index (κ3) is 4.60. The maximum Gasteiger partial charge on any atom is 0.416 e. The van der Waals surface area contributed by atoms with Crippen LogP contribution in [0.3, 0.4) is 0 Å². The molecule has 27 heavy (non-hydrogen) atoms. The van der Waals surface area contributed by atoms with E-state index in [1.165, 1.54) is 10.7 Å². The Morgan fingerprint density at radius 1 is 1.33 bits per heavy atom. The minimum atomic E-state index is -4.51. The number of carbonyl (C=O) groups excluding carboxylic acids is 1. The number of anilines is 1. The van der Waals surface area contributed by atoms with Gasteiger partial charge in [0.25, 0.3) is 0 Å². The molecule has 0 radical (unpaired) electrons. The van der Waals surface area contributed by atoms with Crippen molar-refractivity contribution in [3.05, 3.63) is 41.2 Å². The average molecular weight is 382 g/mol. The summed E-state index contributed by atoms with van der Waals surface area (Å²) < 4.78 is 46.1. The highest BCUT2D eigenvalue weighted by atomic mass is 19.4. The van der Waals surface area contributed by atoms with Crippen LogP contribution in [-0.2, 0) is 10.9 Å². The van der Waals surface area contributed by atoms with Crippen LogP contribution in [0, 0.1) is 19.8 Å². The third-order valence-corrected chi connectivity index (χ3v) is 4.39. The Kier molecular flexibility index (Phi) is 5.41. The summed E-state index contributed by atoms with van der Waals surface area (Å²) in [6, 6.07) is 4.45. The fourth-order valence-electron chi connectivity index (χ4n) is 3.02. The van der Waals surface area contributed by atoms with E-state index in [4.69, 9.17) is 4.74 Å². The summed E-state index contributed by atoms with van der Waals surface area (Å²) in [6.45, 7) is 5.21. The van der Waals surface area contributed by atoms with Gasteiger partial charge in [-0.15, -0.1) is 0 Å². The molecule has 3 rings (SSSR count). The number of hydrogen-bond donors (Lipinski definition) is 2. The van der Waals surface area contributed by atoms with Crippen LogP contribution >= 0.6 is 0 Å². The number of nitrogens with zero attached hydrogens (tertiary/aromatic N) is 2. The van der Waals surface area contributed by atoms with Gasteiger partial charge in [-0.25, -0.2) is 9.48 Å². The summed E-state index contributed by atoms with van der Waals surface area (Å²) >= 11 is 0. The Morgan fingerprint density at radius 2 is 2.11 bits per heavy atom. The van der Waals surface area contributed by atoms with E-state index in [2.05, 4.69) is 15.7 Å². The molecule has 1 atom stereocenters.